The number of benzene rings is 2. The van der Waals surface area contributed by atoms with Gasteiger partial charge in [-0.15, -0.1) is 0 Å². The van der Waals surface area contributed by atoms with Crippen molar-refractivity contribution in [3.63, 3.8) is 0 Å². The van der Waals surface area contributed by atoms with Gasteiger partial charge < -0.3 is 14.5 Å². The number of hydrogen-bond donors (Lipinski definition) is 1. The first-order chi connectivity index (χ1) is 16.1. The maximum Gasteiger partial charge on any atom is 0.137 e. The van der Waals surface area contributed by atoms with Crippen LogP contribution in [0, 0.1) is 5.82 Å². The van der Waals surface area contributed by atoms with Crippen LogP contribution in [-0.2, 0) is 0 Å². The van der Waals surface area contributed by atoms with Gasteiger partial charge in [-0.2, -0.15) is 0 Å². The van der Waals surface area contributed by atoms with Gasteiger partial charge in [0.15, 0.2) is 0 Å². The summed E-state index contributed by atoms with van der Waals surface area (Å²) in [5.41, 5.74) is 5.12. The average molecular weight is 443 g/mol. The SMILES string of the molecule is C=C/C(=C\C=C/C)COc1cc(F)cc(-c2c[nH]c3ncc(-c4cccc(OC)c4)cc23)c1.[HH]. The van der Waals surface area contributed by atoms with Crippen molar-refractivity contribution in [3.05, 3.63) is 103 Å². The Morgan fingerprint density at radius 2 is 1.97 bits per heavy atom. The number of halogens is 1. The van der Waals surface area contributed by atoms with Crippen LogP contribution in [0.1, 0.15) is 8.35 Å². The standard InChI is InChI=1S/C28H25FN2O2.H2/c1-4-6-8-19(5-2)18-33-25-13-21(11-23(29)15-25)27-17-31-28-26(27)14-22(16-30-28)20-9-7-10-24(12-20)32-3;/h4-17H,2,18H2,1,3H3,(H,30,31);1H/b6-4-,19-8+;. The number of nitrogens with one attached hydrogen (secondary N) is 1. The number of fused-ring (bicyclic) bond motifs is 1. The van der Waals surface area contributed by atoms with Gasteiger partial charge >= 0.3 is 0 Å². The number of rotatable bonds is 8. The molecule has 0 saturated heterocycles. The summed E-state index contributed by atoms with van der Waals surface area (Å²) < 4.78 is 25.7. The van der Waals surface area contributed by atoms with Gasteiger partial charge in [-0.3, -0.25) is 0 Å². The summed E-state index contributed by atoms with van der Waals surface area (Å²) in [5.74, 6) is 0.854. The minimum atomic E-state index is -0.369. The first kappa shape index (κ1) is 22.1. The summed E-state index contributed by atoms with van der Waals surface area (Å²) >= 11 is 0. The molecule has 0 atom stereocenters. The number of pyridine rings is 1. The van der Waals surface area contributed by atoms with Crippen molar-refractivity contribution in [1.82, 2.24) is 9.97 Å². The van der Waals surface area contributed by atoms with Gasteiger partial charge in [0.2, 0.25) is 0 Å². The Balaban J connectivity index is 0.00000324. The molecule has 1 N–H and O–H groups in total. The highest BCUT2D eigenvalue weighted by molar-refractivity contribution is 5.96. The fourth-order valence-electron chi connectivity index (χ4n) is 3.57. The largest absolute Gasteiger partial charge is 0.497 e. The third-order valence-electron chi connectivity index (χ3n) is 5.29. The fourth-order valence-corrected chi connectivity index (χ4v) is 3.57. The van der Waals surface area contributed by atoms with Crippen LogP contribution in [0.3, 0.4) is 0 Å². The zero-order valence-electron chi connectivity index (χ0n) is 18.6. The number of nitrogens with zero attached hydrogens (tertiary/aromatic N) is 1. The number of aromatic nitrogens is 2. The van der Waals surface area contributed by atoms with E-state index >= 15 is 0 Å². The van der Waals surface area contributed by atoms with Gasteiger partial charge in [0, 0.05) is 36.4 Å². The van der Waals surface area contributed by atoms with E-state index in [-0.39, 0.29) is 7.24 Å². The minimum absolute atomic E-state index is 0. The van der Waals surface area contributed by atoms with E-state index < -0.39 is 0 Å². The summed E-state index contributed by atoms with van der Waals surface area (Å²) in [6.45, 7) is 6.04. The van der Waals surface area contributed by atoms with Crippen molar-refractivity contribution in [2.24, 2.45) is 0 Å². The lowest BCUT2D eigenvalue weighted by Gasteiger charge is -2.09. The van der Waals surface area contributed by atoms with E-state index in [0.717, 1.165) is 39.0 Å². The molecule has 0 unspecified atom stereocenters. The lowest BCUT2D eigenvalue weighted by molar-refractivity contribution is 0.353. The molecule has 0 aliphatic rings. The van der Waals surface area contributed by atoms with Gasteiger partial charge in [0.25, 0.3) is 0 Å². The van der Waals surface area contributed by atoms with Crippen LogP contribution >= 0.6 is 0 Å². The molecule has 4 rings (SSSR count). The summed E-state index contributed by atoms with van der Waals surface area (Å²) in [4.78, 5) is 7.74. The maximum atomic E-state index is 14.5. The molecule has 0 aliphatic heterocycles. The van der Waals surface area contributed by atoms with E-state index in [1.54, 1.807) is 13.2 Å². The molecule has 0 amide bonds. The van der Waals surface area contributed by atoms with Crippen molar-refractivity contribution in [3.8, 4) is 33.8 Å². The second-order valence-corrected chi connectivity index (χ2v) is 7.49. The molecule has 0 fully saturated rings. The van der Waals surface area contributed by atoms with Gasteiger partial charge in [0.05, 0.1) is 7.11 Å². The number of methoxy groups -OCH3 is 1. The Kier molecular flexibility index (Phi) is 6.69. The molecule has 0 radical (unpaired) electrons. The molecule has 0 aliphatic carbocycles. The molecule has 0 spiro atoms. The molecule has 168 valence electrons. The van der Waals surface area contributed by atoms with Crippen LogP contribution in [0.4, 0.5) is 4.39 Å². The molecule has 2 aromatic carbocycles. The molecule has 5 heteroatoms. The Hall–Kier alpha value is -4.12. The van der Waals surface area contributed by atoms with Gasteiger partial charge in [-0.05, 0) is 54.0 Å². The van der Waals surface area contributed by atoms with Gasteiger partial charge in [-0.1, -0.05) is 43.0 Å². The Morgan fingerprint density at radius 1 is 1.12 bits per heavy atom. The summed E-state index contributed by atoms with van der Waals surface area (Å²) in [5, 5.41) is 0.895. The molecular formula is C28H27FN2O2. The smallest absolute Gasteiger partial charge is 0.137 e. The Morgan fingerprint density at radius 3 is 2.76 bits per heavy atom. The lowest BCUT2D eigenvalue weighted by Crippen LogP contribution is -2.00. The summed E-state index contributed by atoms with van der Waals surface area (Å²) in [7, 11) is 1.64. The summed E-state index contributed by atoms with van der Waals surface area (Å²) in [6, 6.07) is 14.6. The second-order valence-electron chi connectivity index (χ2n) is 7.49. The third kappa shape index (κ3) is 5.04. The quantitative estimate of drug-likeness (QED) is 0.290. The molecule has 4 aromatic rings. The predicted molar refractivity (Wildman–Crippen MR) is 134 cm³/mol. The number of aromatic amines is 1. The first-order valence-electron chi connectivity index (χ1n) is 10.6. The van der Waals surface area contributed by atoms with Crippen molar-refractivity contribution < 1.29 is 15.3 Å². The van der Waals surface area contributed by atoms with Gasteiger partial charge in [-0.25, -0.2) is 9.37 Å². The van der Waals surface area contributed by atoms with Crippen molar-refractivity contribution in [2.45, 2.75) is 6.92 Å². The van der Waals surface area contributed by atoms with Crippen LogP contribution in [0.5, 0.6) is 11.5 Å². The highest BCUT2D eigenvalue weighted by Gasteiger charge is 2.12. The molecule has 2 aromatic heterocycles. The molecule has 33 heavy (non-hydrogen) atoms. The fraction of sp³-hybridized carbons (Fsp3) is 0.107. The first-order valence-corrected chi connectivity index (χ1v) is 10.6. The molecule has 4 nitrogen and oxygen atoms in total. The predicted octanol–water partition coefficient (Wildman–Crippen LogP) is 7.36. The third-order valence-corrected chi connectivity index (χ3v) is 5.29. The van der Waals surface area contributed by atoms with E-state index in [1.165, 1.54) is 12.1 Å². The lowest BCUT2D eigenvalue weighted by atomic mass is 10.0. The van der Waals surface area contributed by atoms with E-state index in [1.807, 2.05) is 73.9 Å². The number of hydrogen-bond acceptors (Lipinski definition) is 3. The van der Waals surface area contributed by atoms with E-state index in [9.17, 15) is 4.39 Å². The van der Waals surface area contributed by atoms with Crippen molar-refractivity contribution in [2.75, 3.05) is 13.7 Å². The second kappa shape index (κ2) is 10.0. The number of ether oxygens (including phenoxy) is 2. The van der Waals surface area contributed by atoms with Crippen LogP contribution in [-0.4, -0.2) is 23.7 Å². The van der Waals surface area contributed by atoms with Crippen LogP contribution < -0.4 is 9.47 Å². The molecule has 0 bridgehead atoms. The van der Waals surface area contributed by atoms with Crippen LogP contribution in [0.25, 0.3) is 33.3 Å². The van der Waals surface area contributed by atoms with E-state index in [0.29, 0.717) is 17.9 Å². The van der Waals surface area contributed by atoms with Crippen molar-refractivity contribution in [1.29, 1.82) is 0 Å². The maximum absolute atomic E-state index is 14.5. The molecule has 2 heterocycles. The minimum Gasteiger partial charge on any atom is -0.497 e. The van der Waals surface area contributed by atoms with Crippen LogP contribution in [0.2, 0.25) is 0 Å². The molecular weight excluding hydrogens is 415 g/mol. The van der Waals surface area contributed by atoms with Crippen molar-refractivity contribution >= 4 is 11.0 Å². The van der Waals surface area contributed by atoms with Gasteiger partial charge in [0.1, 0.15) is 29.6 Å². The summed E-state index contributed by atoms with van der Waals surface area (Å²) in [6.07, 6.45) is 11.1. The average Bonchev–Trinajstić information content (AvgIpc) is 3.27. The zero-order valence-corrected chi connectivity index (χ0v) is 18.6. The molecule has 0 saturated carbocycles. The Labute approximate surface area is 194 Å². The number of allylic oxidation sites excluding steroid dienone is 3. The highest BCUT2D eigenvalue weighted by atomic mass is 19.1. The van der Waals surface area contributed by atoms with Crippen LogP contribution in [0.15, 0.2) is 97.4 Å². The van der Waals surface area contributed by atoms with E-state index in [4.69, 9.17) is 9.47 Å². The zero-order chi connectivity index (χ0) is 23.2. The Bertz CT molecular complexity index is 1360. The topological polar surface area (TPSA) is 47.1 Å². The normalized spacial score (nSPS) is 11.8. The monoisotopic (exact) mass is 442 g/mol. The van der Waals surface area contributed by atoms with E-state index in [2.05, 4.69) is 16.5 Å². The number of H-pyrrole nitrogens is 1. The highest BCUT2D eigenvalue weighted by Crippen LogP contribution is 2.34.